The lowest BCUT2D eigenvalue weighted by Crippen LogP contribution is -2.15. The number of aryl methyl sites for hydroxylation is 1. The Labute approximate surface area is 127 Å². The second-order valence-corrected chi connectivity index (χ2v) is 4.77. The molecule has 4 heterocycles. The van der Waals surface area contributed by atoms with E-state index in [-0.39, 0.29) is 11.8 Å². The summed E-state index contributed by atoms with van der Waals surface area (Å²) in [7, 11) is 0. The first-order valence-corrected chi connectivity index (χ1v) is 6.62. The molecule has 0 saturated heterocycles. The summed E-state index contributed by atoms with van der Waals surface area (Å²) in [6.45, 7) is 1.82. The Bertz CT molecular complexity index is 1050. The maximum atomic E-state index is 13.1. The number of anilines is 1. The lowest BCUT2D eigenvalue weighted by Gasteiger charge is -1.94. The molecule has 0 atom stereocenters. The van der Waals surface area contributed by atoms with Gasteiger partial charge in [0.05, 0.1) is 6.20 Å². The van der Waals surface area contributed by atoms with E-state index in [2.05, 4.69) is 30.5 Å². The van der Waals surface area contributed by atoms with Gasteiger partial charge in [0.2, 0.25) is 11.8 Å². The first-order valence-electron chi connectivity index (χ1n) is 6.62. The standard InChI is InChI=1S/C13H9FN8O/c1-7-4-5-15-13-17-10(19-22(7)13)11(23)18-12-16-9-3-2-8(14)6-21(9)20-12/h2-6H,1H3,(H,18,20,23). The zero-order valence-electron chi connectivity index (χ0n) is 11.8. The normalized spacial score (nSPS) is 11.2. The van der Waals surface area contributed by atoms with Gasteiger partial charge in [-0.2, -0.15) is 9.97 Å². The van der Waals surface area contributed by atoms with Crippen molar-refractivity contribution in [2.45, 2.75) is 6.92 Å². The van der Waals surface area contributed by atoms with Gasteiger partial charge in [0.15, 0.2) is 5.65 Å². The number of nitrogens with zero attached hydrogens (tertiary/aromatic N) is 7. The Hall–Kier alpha value is -3.43. The molecule has 1 amide bonds. The minimum Gasteiger partial charge on any atom is -0.286 e. The first kappa shape index (κ1) is 13.2. The van der Waals surface area contributed by atoms with Gasteiger partial charge in [0.1, 0.15) is 5.82 Å². The van der Waals surface area contributed by atoms with E-state index in [9.17, 15) is 9.18 Å². The van der Waals surface area contributed by atoms with E-state index >= 15 is 0 Å². The molecule has 0 fully saturated rings. The van der Waals surface area contributed by atoms with Gasteiger partial charge in [0.25, 0.3) is 11.7 Å². The Morgan fingerprint density at radius 3 is 2.91 bits per heavy atom. The van der Waals surface area contributed by atoms with Gasteiger partial charge in [0, 0.05) is 11.9 Å². The molecule has 23 heavy (non-hydrogen) atoms. The molecule has 114 valence electrons. The molecular weight excluding hydrogens is 303 g/mol. The maximum absolute atomic E-state index is 13.1. The van der Waals surface area contributed by atoms with E-state index in [1.165, 1.54) is 21.2 Å². The van der Waals surface area contributed by atoms with Crippen LogP contribution in [0.2, 0.25) is 0 Å². The van der Waals surface area contributed by atoms with Gasteiger partial charge in [-0.05, 0) is 25.1 Å². The van der Waals surface area contributed by atoms with Gasteiger partial charge < -0.3 is 0 Å². The highest BCUT2D eigenvalue weighted by Gasteiger charge is 2.16. The molecule has 1 N–H and O–H groups in total. The van der Waals surface area contributed by atoms with Gasteiger partial charge in [-0.1, -0.05) is 0 Å². The molecule has 4 aromatic heterocycles. The number of aromatic nitrogens is 7. The monoisotopic (exact) mass is 312 g/mol. The smallest absolute Gasteiger partial charge is 0.286 e. The highest BCUT2D eigenvalue weighted by Crippen LogP contribution is 2.08. The van der Waals surface area contributed by atoms with Crippen LogP contribution < -0.4 is 5.32 Å². The Morgan fingerprint density at radius 2 is 2.09 bits per heavy atom. The Kier molecular flexibility index (Phi) is 2.76. The van der Waals surface area contributed by atoms with Crippen LogP contribution in [0, 0.1) is 12.7 Å². The van der Waals surface area contributed by atoms with Crippen LogP contribution in [0.1, 0.15) is 16.3 Å². The number of hydrogen-bond acceptors (Lipinski definition) is 6. The topological polar surface area (TPSA) is 102 Å². The third kappa shape index (κ3) is 2.25. The van der Waals surface area contributed by atoms with Gasteiger partial charge in [-0.25, -0.2) is 18.4 Å². The average molecular weight is 312 g/mol. The summed E-state index contributed by atoms with van der Waals surface area (Å²) in [5.74, 6) is -0.740. The number of amides is 1. The highest BCUT2D eigenvalue weighted by molar-refractivity contribution is 6.00. The molecule has 0 saturated carbocycles. The van der Waals surface area contributed by atoms with Crippen LogP contribution in [0.25, 0.3) is 11.4 Å². The number of nitrogens with one attached hydrogen (secondary N) is 1. The quantitative estimate of drug-likeness (QED) is 0.589. The van der Waals surface area contributed by atoms with Crippen molar-refractivity contribution >= 4 is 23.3 Å². The molecule has 0 aliphatic rings. The molecular formula is C13H9FN8O. The van der Waals surface area contributed by atoms with E-state index < -0.39 is 11.7 Å². The maximum Gasteiger partial charge on any atom is 0.297 e. The van der Waals surface area contributed by atoms with E-state index in [4.69, 9.17) is 0 Å². The van der Waals surface area contributed by atoms with Crippen molar-refractivity contribution in [1.82, 2.24) is 34.2 Å². The fourth-order valence-electron chi connectivity index (χ4n) is 2.07. The third-order valence-corrected chi connectivity index (χ3v) is 3.15. The van der Waals surface area contributed by atoms with Crippen molar-refractivity contribution in [3.63, 3.8) is 0 Å². The molecule has 0 bridgehead atoms. The van der Waals surface area contributed by atoms with Crippen molar-refractivity contribution in [2.75, 3.05) is 5.32 Å². The summed E-state index contributed by atoms with van der Waals surface area (Å²) in [5, 5.41) is 10.5. The van der Waals surface area contributed by atoms with Crippen LogP contribution in [-0.2, 0) is 0 Å². The van der Waals surface area contributed by atoms with E-state index in [0.29, 0.717) is 11.4 Å². The minimum atomic E-state index is -0.578. The summed E-state index contributed by atoms with van der Waals surface area (Å²) in [6, 6.07) is 4.46. The summed E-state index contributed by atoms with van der Waals surface area (Å²) in [6.07, 6.45) is 2.74. The predicted molar refractivity (Wildman–Crippen MR) is 76.4 cm³/mol. The second-order valence-electron chi connectivity index (χ2n) is 4.77. The van der Waals surface area contributed by atoms with Crippen LogP contribution >= 0.6 is 0 Å². The van der Waals surface area contributed by atoms with Gasteiger partial charge >= 0.3 is 0 Å². The molecule has 0 aromatic carbocycles. The zero-order valence-corrected chi connectivity index (χ0v) is 11.8. The second kappa shape index (κ2) is 4.80. The van der Waals surface area contributed by atoms with Crippen molar-refractivity contribution in [3.8, 4) is 0 Å². The van der Waals surface area contributed by atoms with Crippen LogP contribution in [0.3, 0.4) is 0 Å². The average Bonchev–Trinajstić information content (AvgIpc) is 3.11. The molecule has 0 radical (unpaired) electrons. The molecule has 0 aliphatic carbocycles. The summed E-state index contributed by atoms with van der Waals surface area (Å²) in [5.41, 5.74) is 1.20. The van der Waals surface area contributed by atoms with Crippen molar-refractivity contribution < 1.29 is 9.18 Å². The van der Waals surface area contributed by atoms with Gasteiger partial charge in [-0.3, -0.25) is 10.1 Å². The third-order valence-electron chi connectivity index (χ3n) is 3.15. The molecule has 0 spiro atoms. The van der Waals surface area contributed by atoms with Gasteiger partial charge in [-0.15, -0.1) is 10.2 Å². The molecule has 0 aliphatic heterocycles. The lowest BCUT2D eigenvalue weighted by molar-refractivity contribution is 0.101. The van der Waals surface area contributed by atoms with Crippen molar-refractivity contribution in [2.24, 2.45) is 0 Å². The summed E-state index contributed by atoms with van der Waals surface area (Å²) < 4.78 is 15.8. The number of carbonyl (C=O) groups excluding carboxylic acids is 1. The number of hydrogen-bond donors (Lipinski definition) is 1. The van der Waals surface area contributed by atoms with Crippen molar-refractivity contribution in [1.29, 1.82) is 0 Å². The van der Waals surface area contributed by atoms with Crippen LogP contribution in [-0.4, -0.2) is 40.1 Å². The van der Waals surface area contributed by atoms with E-state index in [0.717, 1.165) is 11.9 Å². The highest BCUT2D eigenvalue weighted by atomic mass is 19.1. The van der Waals surface area contributed by atoms with Crippen LogP contribution in [0.4, 0.5) is 10.3 Å². The lowest BCUT2D eigenvalue weighted by atomic mass is 10.5. The minimum absolute atomic E-state index is 0.0316. The molecule has 4 rings (SSSR count). The number of halogens is 1. The molecule has 0 unspecified atom stereocenters. The predicted octanol–water partition coefficient (Wildman–Crippen LogP) is 0.867. The first-order chi connectivity index (χ1) is 11.1. The SMILES string of the molecule is Cc1ccnc2nc(C(=O)Nc3nc4ccc(F)cn4n3)nn12. The molecule has 10 heteroatoms. The van der Waals surface area contributed by atoms with Crippen molar-refractivity contribution in [3.05, 3.63) is 47.9 Å². The number of pyridine rings is 1. The molecule has 9 nitrogen and oxygen atoms in total. The fraction of sp³-hybridized carbons (Fsp3) is 0.0769. The molecule has 4 aromatic rings. The number of rotatable bonds is 2. The summed E-state index contributed by atoms with van der Waals surface area (Å²) >= 11 is 0. The zero-order chi connectivity index (χ0) is 16.0. The Balaban J connectivity index is 1.66. The fourth-order valence-corrected chi connectivity index (χ4v) is 2.07. The largest absolute Gasteiger partial charge is 0.297 e. The number of fused-ring (bicyclic) bond motifs is 2. The summed E-state index contributed by atoms with van der Waals surface area (Å²) in [4.78, 5) is 24.3. The van der Waals surface area contributed by atoms with Crippen LogP contribution in [0.5, 0.6) is 0 Å². The number of carbonyl (C=O) groups is 1. The van der Waals surface area contributed by atoms with Crippen LogP contribution in [0.15, 0.2) is 30.6 Å². The Morgan fingerprint density at radius 1 is 1.22 bits per heavy atom. The van der Waals surface area contributed by atoms with E-state index in [1.54, 1.807) is 12.3 Å². The van der Waals surface area contributed by atoms with E-state index in [1.807, 2.05) is 6.92 Å².